The predicted octanol–water partition coefficient (Wildman–Crippen LogP) is 6.16. The second kappa shape index (κ2) is 8.81. The van der Waals surface area contributed by atoms with Crippen LogP contribution in [-0.2, 0) is 16.6 Å². The number of carbonyl (C=O) groups is 1. The molecule has 3 N–H and O–H groups in total. The number of aliphatic carboxylic acids is 1. The van der Waals surface area contributed by atoms with Gasteiger partial charge in [-0.1, -0.05) is 19.9 Å². The van der Waals surface area contributed by atoms with E-state index in [1.54, 1.807) is 25.3 Å². The summed E-state index contributed by atoms with van der Waals surface area (Å²) < 4.78 is 39.0. The van der Waals surface area contributed by atoms with Crippen LogP contribution in [0.15, 0.2) is 36.7 Å². The summed E-state index contributed by atoms with van der Waals surface area (Å²) in [6, 6.07) is 6.23. The Bertz CT molecular complexity index is 1310. The standard InChI is InChI=1S/C25H27F3N4O3S/c1-14-9-15(11-16(10-14)31-21-29-8-5-18(32-21)25(26,27)28)17-12-30-19(36-17)24(35)7-6-23(4,20(33)34)22(2,3)13-24/h5,8-12,35H,6-7,13H2,1-4H3,(H,33,34)(H,29,31,32)/t23-,24-/m0/s1. The number of nitrogens with one attached hydrogen (secondary N) is 1. The Morgan fingerprint density at radius 2 is 1.86 bits per heavy atom. The minimum absolute atomic E-state index is 0.174. The van der Waals surface area contributed by atoms with Crippen molar-refractivity contribution in [2.75, 3.05) is 5.32 Å². The summed E-state index contributed by atoms with van der Waals surface area (Å²) in [7, 11) is 0. The number of nitrogens with zero attached hydrogens (tertiary/aromatic N) is 3. The fourth-order valence-electron chi connectivity index (χ4n) is 4.71. The van der Waals surface area contributed by atoms with Gasteiger partial charge in [-0.3, -0.25) is 4.79 Å². The Kier molecular flexibility index (Phi) is 6.37. The number of hydrogen-bond acceptors (Lipinski definition) is 7. The Balaban J connectivity index is 1.60. The molecule has 7 nitrogen and oxygen atoms in total. The molecule has 1 aliphatic carbocycles. The number of halogens is 3. The quantitative estimate of drug-likeness (QED) is 0.370. The molecule has 2 atom stereocenters. The summed E-state index contributed by atoms with van der Waals surface area (Å²) in [6.45, 7) is 7.29. The van der Waals surface area contributed by atoms with Crippen LogP contribution < -0.4 is 5.32 Å². The van der Waals surface area contributed by atoms with Crippen LogP contribution in [0.2, 0.25) is 0 Å². The van der Waals surface area contributed by atoms with E-state index in [2.05, 4.69) is 20.3 Å². The fraction of sp³-hybridized carbons (Fsp3) is 0.440. The first-order valence-corrected chi connectivity index (χ1v) is 12.2. The number of carboxylic acids is 1. The van der Waals surface area contributed by atoms with Gasteiger partial charge in [-0.2, -0.15) is 13.2 Å². The number of carboxylic acid groups (broad SMARTS) is 1. The van der Waals surface area contributed by atoms with Gasteiger partial charge in [0.15, 0.2) is 0 Å². The van der Waals surface area contributed by atoms with Gasteiger partial charge >= 0.3 is 12.1 Å². The maximum atomic E-state index is 13.0. The third-order valence-corrected chi connectivity index (χ3v) is 8.45. The van der Waals surface area contributed by atoms with Crippen LogP contribution >= 0.6 is 11.3 Å². The Morgan fingerprint density at radius 3 is 2.50 bits per heavy atom. The predicted molar refractivity (Wildman–Crippen MR) is 130 cm³/mol. The molecule has 192 valence electrons. The van der Waals surface area contributed by atoms with E-state index in [0.717, 1.165) is 28.3 Å². The number of thiazole rings is 1. The van der Waals surface area contributed by atoms with Crippen molar-refractivity contribution in [2.24, 2.45) is 10.8 Å². The number of benzene rings is 1. The molecule has 1 fully saturated rings. The van der Waals surface area contributed by atoms with Gasteiger partial charge in [0.2, 0.25) is 5.95 Å². The lowest BCUT2D eigenvalue weighted by atomic mass is 9.55. The zero-order valence-electron chi connectivity index (χ0n) is 20.3. The van der Waals surface area contributed by atoms with Gasteiger partial charge in [-0.15, -0.1) is 11.3 Å². The summed E-state index contributed by atoms with van der Waals surface area (Å²) >= 11 is 1.31. The van der Waals surface area contributed by atoms with Gasteiger partial charge in [-0.05, 0) is 67.9 Å². The van der Waals surface area contributed by atoms with Crippen molar-refractivity contribution in [3.05, 3.63) is 52.9 Å². The van der Waals surface area contributed by atoms with Crippen LogP contribution in [0.4, 0.5) is 24.8 Å². The van der Waals surface area contributed by atoms with Crippen LogP contribution in [0.5, 0.6) is 0 Å². The topological polar surface area (TPSA) is 108 Å². The molecule has 11 heteroatoms. The molecule has 2 heterocycles. The number of aryl methyl sites for hydroxylation is 1. The highest BCUT2D eigenvalue weighted by Gasteiger charge is 2.56. The van der Waals surface area contributed by atoms with E-state index in [4.69, 9.17) is 0 Å². The van der Waals surface area contributed by atoms with E-state index < -0.39 is 34.3 Å². The molecule has 1 saturated carbocycles. The average molecular weight is 521 g/mol. The molecule has 36 heavy (non-hydrogen) atoms. The molecule has 2 aromatic heterocycles. The highest BCUT2D eigenvalue weighted by atomic mass is 32.1. The molecule has 0 spiro atoms. The second-order valence-corrected chi connectivity index (χ2v) is 11.3. The number of alkyl halides is 3. The fourth-order valence-corrected chi connectivity index (χ4v) is 5.73. The van der Waals surface area contributed by atoms with Crippen molar-refractivity contribution in [3.63, 3.8) is 0 Å². The lowest BCUT2D eigenvalue weighted by molar-refractivity contribution is -0.170. The van der Waals surface area contributed by atoms with Crippen LogP contribution in [0.25, 0.3) is 10.4 Å². The monoisotopic (exact) mass is 520 g/mol. The van der Waals surface area contributed by atoms with Gasteiger partial charge in [0, 0.05) is 18.1 Å². The van der Waals surface area contributed by atoms with E-state index in [-0.39, 0.29) is 18.8 Å². The average Bonchev–Trinajstić information content (AvgIpc) is 3.27. The summed E-state index contributed by atoms with van der Waals surface area (Å²) in [4.78, 5) is 24.6. The zero-order chi connectivity index (χ0) is 26.5. The van der Waals surface area contributed by atoms with Crippen LogP contribution in [-0.4, -0.2) is 31.1 Å². The normalized spacial score (nSPS) is 23.9. The summed E-state index contributed by atoms with van der Waals surface area (Å²) in [5.41, 5.74) is -1.78. The molecule has 0 bridgehead atoms. The van der Waals surface area contributed by atoms with Gasteiger partial charge in [0.1, 0.15) is 16.3 Å². The first-order chi connectivity index (χ1) is 16.6. The smallest absolute Gasteiger partial charge is 0.433 e. The number of aromatic nitrogens is 3. The van der Waals surface area contributed by atoms with E-state index in [1.165, 1.54) is 11.3 Å². The van der Waals surface area contributed by atoms with Crippen molar-refractivity contribution in [3.8, 4) is 10.4 Å². The molecule has 0 aliphatic heterocycles. The van der Waals surface area contributed by atoms with Gasteiger partial charge in [0.05, 0.1) is 10.3 Å². The largest absolute Gasteiger partial charge is 0.481 e. The van der Waals surface area contributed by atoms with E-state index in [0.29, 0.717) is 17.1 Å². The lowest BCUT2D eigenvalue weighted by Crippen LogP contribution is -2.51. The maximum Gasteiger partial charge on any atom is 0.433 e. The highest BCUT2D eigenvalue weighted by Crippen LogP contribution is 2.56. The molecule has 0 amide bonds. The van der Waals surface area contributed by atoms with Crippen molar-refractivity contribution < 1.29 is 28.2 Å². The third kappa shape index (κ3) is 4.81. The molecule has 3 aromatic rings. The molecule has 0 saturated heterocycles. The van der Waals surface area contributed by atoms with Crippen molar-refractivity contribution in [1.29, 1.82) is 0 Å². The minimum atomic E-state index is -4.58. The lowest BCUT2D eigenvalue weighted by Gasteiger charge is -2.50. The molecule has 0 unspecified atom stereocenters. The third-order valence-electron chi connectivity index (χ3n) is 7.21. The summed E-state index contributed by atoms with van der Waals surface area (Å²) in [5, 5.41) is 24.6. The molecule has 4 rings (SSSR count). The number of hydrogen-bond donors (Lipinski definition) is 3. The number of anilines is 2. The van der Waals surface area contributed by atoms with Crippen LogP contribution in [0.1, 0.15) is 56.3 Å². The van der Waals surface area contributed by atoms with Crippen molar-refractivity contribution in [2.45, 2.75) is 58.7 Å². The van der Waals surface area contributed by atoms with Gasteiger partial charge in [0.25, 0.3) is 0 Å². The van der Waals surface area contributed by atoms with E-state index in [1.807, 2.05) is 26.8 Å². The summed E-state index contributed by atoms with van der Waals surface area (Å²) in [6.07, 6.45) is -1.04. The number of aliphatic hydroxyl groups is 1. The Labute approximate surface area is 210 Å². The van der Waals surface area contributed by atoms with Gasteiger partial charge < -0.3 is 15.5 Å². The SMILES string of the molecule is Cc1cc(Nc2nccc(C(F)(F)F)n2)cc(-c2cnc([C@]3(O)CC[C@@](C)(C(=O)O)C(C)(C)C3)s2)c1. The Morgan fingerprint density at radius 1 is 1.14 bits per heavy atom. The molecule has 1 aromatic carbocycles. The van der Waals surface area contributed by atoms with Crippen LogP contribution in [0.3, 0.4) is 0 Å². The summed E-state index contributed by atoms with van der Waals surface area (Å²) in [5.74, 6) is -1.05. The maximum absolute atomic E-state index is 13.0. The van der Waals surface area contributed by atoms with Crippen molar-refractivity contribution in [1.82, 2.24) is 15.0 Å². The Hall–Kier alpha value is -3.05. The van der Waals surface area contributed by atoms with Crippen molar-refractivity contribution >= 4 is 28.9 Å². The van der Waals surface area contributed by atoms with E-state index >= 15 is 0 Å². The van der Waals surface area contributed by atoms with E-state index in [9.17, 15) is 28.2 Å². The molecular formula is C25H27F3N4O3S. The highest BCUT2D eigenvalue weighted by molar-refractivity contribution is 7.15. The first-order valence-electron chi connectivity index (χ1n) is 11.3. The first kappa shape index (κ1) is 26.0. The minimum Gasteiger partial charge on any atom is -0.481 e. The molecular weight excluding hydrogens is 493 g/mol. The second-order valence-electron chi connectivity index (χ2n) is 10.2. The van der Waals surface area contributed by atoms with Gasteiger partial charge in [-0.25, -0.2) is 15.0 Å². The zero-order valence-corrected chi connectivity index (χ0v) is 21.1. The van der Waals surface area contributed by atoms with Crippen LogP contribution in [0, 0.1) is 17.8 Å². The molecule has 0 radical (unpaired) electrons. The number of rotatable bonds is 5. The molecule has 1 aliphatic rings.